The van der Waals surface area contributed by atoms with E-state index >= 15 is 0 Å². The molecule has 0 bridgehead atoms. The molecule has 21 heavy (non-hydrogen) atoms. The van der Waals surface area contributed by atoms with E-state index in [9.17, 15) is 17.6 Å². The maximum absolute atomic E-state index is 13.8. The summed E-state index contributed by atoms with van der Waals surface area (Å²) in [4.78, 5) is 0. The number of aromatic nitrogens is 1. The van der Waals surface area contributed by atoms with Crippen molar-refractivity contribution < 1.29 is 27.4 Å². The summed E-state index contributed by atoms with van der Waals surface area (Å²) in [5.74, 6) is -0.155. The van der Waals surface area contributed by atoms with Crippen molar-refractivity contribution in [3.8, 4) is 5.75 Å². The highest BCUT2D eigenvalue weighted by Gasteiger charge is 2.39. The van der Waals surface area contributed by atoms with Crippen LogP contribution in [0.3, 0.4) is 0 Å². The fourth-order valence-electron chi connectivity index (χ4n) is 1.89. The summed E-state index contributed by atoms with van der Waals surface area (Å²) >= 11 is 0. The summed E-state index contributed by atoms with van der Waals surface area (Å²) in [7, 11) is 1.41. The summed E-state index contributed by atoms with van der Waals surface area (Å²) in [6.07, 6.45) is -4.77. The van der Waals surface area contributed by atoms with Crippen LogP contribution >= 0.6 is 0 Å². The zero-order valence-electron chi connectivity index (χ0n) is 11.1. The van der Waals surface area contributed by atoms with Crippen LogP contribution in [0.1, 0.15) is 17.2 Å². The first kappa shape index (κ1) is 15.4. The molecule has 0 aliphatic rings. The van der Waals surface area contributed by atoms with Crippen molar-refractivity contribution in [2.75, 3.05) is 7.11 Å². The third kappa shape index (κ3) is 3.55. The van der Waals surface area contributed by atoms with E-state index < -0.39 is 18.1 Å². The molecule has 1 aromatic heterocycles. The van der Waals surface area contributed by atoms with E-state index in [-0.39, 0.29) is 12.1 Å². The quantitative estimate of drug-likeness (QED) is 0.880. The minimum absolute atomic E-state index is 0.0560. The van der Waals surface area contributed by atoms with Crippen LogP contribution in [0.25, 0.3) is 0 Å². The summed E-state index contributed by atoms with van der Waals surface area (Å²) in [5.41, 5.74) is 0.0240. The molecular weight excluding hydrogens is 290 g/mol. The first-order valence-corrected chi connectivity index (χ1v) is 6.04. The normalized spacial score (nSPS) is 13.2. The zero-order valence-corrected chi connectivity index (χ0v) is 11.1. The van der Waals surface area contributed by atoms with Gasteiger partial charge in [-0.25, -0.2) is 4.39 Å². The lowest BCUT2D eigenvalue weighted by Gasteiger charge is -2.12. The Bertz CT molecular complexity index is 622. The Balaban J connectivity index is 2.16. The summed E-state index contributed by atoms with van der Waals surface area (Å²) in [5, 5.41) is 9.13. The highest BCUT2D eigenvalue weighted by Crippen LogP contribution is 2.32. The number of hydrogen-bond acceptors (Lipinski definition) is 2. The molecule has 0 saturated carbocycles. The largest absolute Gasteiger partial charge is 0.497 e. The smallest absolute Gasteiger partial charge is 0.418 e. The number of methoxy groups -OCH3 is 1. The number of halogens is 4. The Hall–Kier alpha value is -2.02. The van der Waals surface area contributed by atoms with Gasteiger partial charge in [0.05, 0.1) is 7.11 Å². The van der Waals surface area contributed by atoms with Gasteiger partial charge < -0.3 is 14.4 Å². The Kier molecular flexibility index (Phi) is 4.22. The number of rotatable bonds is 4. The topological polar surface area (TPSA) is 34.4 Å². The number of benzene rings is 1. The van der Waals surface area contributed by atoms with Crippen molar-refractivity contribution in [3.05, 3.63) is 53.6 Å². The maximum atomic E-state index is 13.8. The van der Waals surface area contributed by atoms with Crippen LogP contribution in [0.15, 0.2) is 36.7 Å². The molecule has 1 N–H and O–H groups in total. The van der Waals surface area contributed by atoms with Gasteiger partial charge in [0.15, 0.2) is 6.10 Å². The van der Waals surface area contributed by atoms with Crippen molar-refractivity contribution in [2.24, 2.45) is 0 Å². The second-order valence-electron chi connectivity index (χ2n) is 4.52. The molecule has 114 valence electrons. The van der Waals surface area contributed by atoms with Gasteiger partial charge >= 0.3 is 6.18 Å². The minimum atomic E-state index is -4.72. The lowest BCUT2D eigenvalue weighted by Crippen LogP contribution is -2.19. The van der Waals surface area contributed by atoms with E-state index in [4.69, 9.17) is 9.84 Å². The van der Waals surface area contributed by atoms with Crippen LogP contribution in [0, 0.1) is 5.82 Å². The number of alkyl halides is 3. The number of aliphatic hydroxyl groups excluding tert-OH is 1. The van der Waals surface area contributed by atoms with E-state index in [2.05, 4.69) is 0 Å². The summed E-state index contributed by atoms with van der Waals surface area (Å²) < 4.78 is 57.1. The van der Waals surface area contributed by atoms with Gasteiger partial charge in [0.25, 0.3) is 0 Å². The van der Waals surface area contributed by atoms with E-state index in [0.717, 1.165) is 12.3 Å². The van der Waals surface area contributed by atoms with Crippen LogP contribution in [0.2, 0.25) is 0 Å². The molecule has 1 unspecified atom stereocenters. The van der Waals surface area contributed by atoms with Crippen molar-refractivity contribution in [1.29, 1.82) is 0 Å². The van der Waals surface area contributed by atoms with Gasteiger partial charge in [-0.15, -0.1) is 0 Å². The molecule has 0 spiro atoms. The summed E-state index contributed by atoms with van der Waals surface area (Å²) in [6, 6.07) is 5.41. The summed E-state index contributed by atoms with van der Waals surface area (Å²) in [6.45, 7) is 0.0560. The molecule has 0 aliphatic carbocycles. The monoisotopic (exact) mass is 303 g/mol. The van der Waals surface area contributed by atoms with Crippen molar-refractivity contribution >= 4 is 0 Å². The third-order valence-corrected chi connectivity index (χ3v) is 3.01. The second kappa shape index (κ2) is 5.77. The van der Waals surface area contributed by atoms with Gasteiger partial charge in [-0.05, 0) is 12.1 Å². The highest BCUT2D eigenvalue weighted by molar-refractivity contribution is 5.29. The van der Waals surface area contributed by atoms with Gasteiger partial charge in [0.2, 0.25) is 0 Å². The number of nitrogens with zero attached hydrogens (tertiary/aromatic N) is 1. The molecule has 0 radical (unpaired) electrons. The molecule has 7 heteroatoms. The predicted octanol–water partition coefficient (Wildman–Crippen LogP) is 3.28. The molecule has 1 atom stereocenters. The first-order chi connectivity index (χ1) is 9.81. The molecule has 0 aliphatic heterocycles. The molecule has 2 rings (SSSR count). The first-order valence-electron chi connectivity index (χ1n) is 6.04. The van der Waals surface area contributed by atoms with Crippen LogP contribution in [0.5, 0.6) is 5.75 Å². The highest BCUT2D eigenvalue weighted by atomic mass is 19.4. The lowest BCUT2D eigenvalue weighted by molar-refractivity contribution is -0.206. The lowest BCUT2D eigenvalue weighted by atomic mass is 10.2. The van der Waals surface area contributed by atoms with Crippen LogP contribution in [0.4, 0.5) is 17.6 Å². The Morgan fingerprint density at radius 3 is 2.57 bits per heavy atom. The van der Waals surface area contributed by atoms with E-state index in [0.29, 0.717) is 11.3 Å². The molecule has 3 nitrogen and oxygen atoms in total. The molecular formula is C14H13F4NO2. The van der Waals surface area contributed by atoms with Crippen LogP contribution < -0.4 is 4.74 Å². The van der Waals surface area contributed by atoms with Crippen molar-refractivity contribution in [2.45, 2.75) is 18.8 Å². The molecule has 2 aromatic rings. The Morgan fingerprint density at radius 1 is 1.29 bits per heavy atom. The fraction of sp³-hybridized carbons (Fsp3) is 0.286. The van der Waals surface area contributed by atoms with Crippen molar-refractivity contribution in [1.82, 2.24) is 4.57 Å². The van der Waals surface area contributed by atoms with Gasteiger partial charge in [0, 0.05) is 36.1 Å². The Morgan fingerprint density at radius 2 is 2.00 bits per heavy atom. The molecule has 1 aromatic carbocycles. The van der Waals surface area contributed by atoms with E-state index in [1.807, 2.05) is 0 Å². The van der Waals surface area contributed by atoms with E-state index in [1.165, 1.54) is 30.0 Å². The van der Waals surface area contributed by atoms with Gasteiger partial charge in [0.1, 0.15) is 11.6 Å². The van der Waals surface area contributed by atoms with Gasteiger partial charge in [-0.1, -0.05) is 6.07 Å². The average Bonchev–Trinajstić information content (AvgIpc) is 2.87. The molecule has 1 heterocycles. The van der Waals surface area contributed by atoms with E-state index in [1.54, 1.807) is 6.07 Å². The van der Waals surface area contributed by atoms with Gasteiger partial charge in [-0.2, -0.15) is 13.2 Å². The maximum Gasteiger partial charge on any atom is 0.418 e. The zero-order chi connectivity index (χ0) is 15.6. The number of aliphatic hydroxyl groups is 1. The minimum Gasteiger partial charge on any atom is -0.497 e. The van der Waals surface area contributed by atoms with Crippen molar-refractivity contribution in [3.63, 3.8) is 0 Å². The van der Waals surface area contributed by atoms with Crippen LogP contribution in [-0.2, 0) is 6.54 Å². The fourth-order valence-corrected chi connectivity index (χ4v) is 1.89. The predicted molar refractivity (Wildman–Crippen MR) is 67.5 cm³/mol. The molecule has 0 saturated heterocycles. The number of hydrogen-bond donors (Lipinski definition) is 1. The van der Waals surface area contributed by atoms with Crippen LogP contribution in [-0.4, -0.2) is 23.0 Å². The number of ether oxygens (including phenoxy) is 1. The standard InChI is InChI=1S/C14H13F4NO2/c1-21-11-3-2-9(12(15)6-11)7-19-5-4-10(8-19)13(20)14(16,17)18/h2-6,8,13,20H,7H2,1H3. The average molecular weight is 303 g/mol. The Labute approximate surface area is 118 Å². The SMILES string of the molecule is COc1ccc(Cn2ccc(C(O)C(F)(F)F)c2)c(F)c1. The second-order valence-corrected chi connectivity index (χ2v) is 4.52. The third-order valence-electron chi connectivity index (χ3n) is 3.01. The molecule has 0 amide bonds. The molecule has 0 fully saturated rings. The van der Waals surface area contributed by atoms with Gasteiger partial charge in [-0.3, -0.25) is 0 Å².